The Morgan fingerprint density at radius 2 is 1.74 bits per heavy atom. The number of aliphatic hydroxyl groups excluding tert-OH is 1. The molecule has 0 fully saturated rings. The molecule has 0 bridgehead atoms. The second-order valence-electron chi connectivity index (χ2n) is 4.15. The number of rotatable bonds is 4. The van der Waals surface area contributed by atoms with Crippen molar-refractivity contribution < 1.29 is 41.2 Å². The van der Waals surface area contributed by atoms with Crippen molar-refractivity contribution in [3.05, 3.63) is 60.6 Å². The maximum atomic E-state index is 9.29. The topological polar surface area (TPSA) is 89.2 Å². The van der Waals surface area contributed by atoms with Crippen LogP contribution in [0, 0.1) is 20.0 Å². The third-order valence-corrected chi connectivity index (χ3v) is 2.95. The average molecular weight is 354 g/mol. The number of fused-ring (bicyclic) bond motifs is 1. The molecule has 0 aromatic heterocycles. The number of allylic oxidation sites excluding steroid dienone is 1. The van der Waals surface area contributed by atoms with Gasteiger partial charge < -0.3 is 9.84 Å². The molecule has 0 amide bonds. The van der Waals surface area contributed by atoms with Crippen LogP contribution in [0.15, 0.2) is 24.0 Å². The van der Waals surface area contributed by atoms with Crippen LogP contribution in [0.4, 0.5) is 0 Å². The van der Waals surface area contributed by atoms with Crippen molar-refractivity contribution in [2.24, 2.45) is 0 Å². The first-order chi connectivity index (χ1) is 10.8. The van der Waals surface area contributed by atoms with Crippen molar-refractivity contribution in [1.82, 2.24) is 0 Å². The minimum absolute atomic E-state index is 0. The average Bonchev–Trinajstić information content (AvgIpc) is 2.64. The van der Waals surface area contributed by atoms with E-state index < -0.39 is 0 Å². The molecule has 122 valence electrons. The SMILES string of the molecule is CCCCC1=Cc2c(CO)cccc2CO1.[C-]#[O+].[C-]#[O+].[C-]#[O+].[Cr]. The molecule has 1 N–H and O–H groups in total. The molecule has 0 unspecified atom stereocenters. The molecular weight excluding hydrogens is 336 g/mol. The predicted molar refractivity (Wildman–Crippen MR) is 76.4 cm³/mol. The Balaban J connectivity index is -0.000000514. The Bertz CT molecular complexity index is 503. The number of unbranched alkanes of at least 4 members (excludes halogenated alkanes) is 1. The number of aliphatic hydroxyl groups is 1. The molecule has 6 heteroatoms. The normalized spacial score (nSPS) is 10.0. The van der Waals surface area contributed by atoms with Crippen LogP contribution in [0.1, 0.15) is 42.9 Å². The second-order valence-corrected chi connectivity index (χ2v) is 4.15. The fourth-order valence-electron chi connectivity index (χ4n) is 1.98. The Hall–Kier alpha value is -1.53. The fourth-order valence-corrected chi connectivity index (χ4v) is 1.98. The van der Waals surface area contributed by atoms with Crippen LogP contribution in [0.25, 0.3) is 6.08 Å². The zero-order chi connectivity index (χ0) is 17.4. The van der Waals surface area contributed by atoms with E-state index in [4.69, 9.17) is 18.7 Å². The third-order valence-electron chi connectivity index (χ3n) is 2.95. The van der Waals surface area contributed by atoms with Gasteiger partial charge in [-0.2, -0.15) is 0 Å². The summed E-state index contributed by atoms with van der Waals surface area (Å²) in [7, 11) is 0. The molecule has 23 heavy (non-hydrogen) atoms. The monoisotopic (exact) mass is 354 g/mol. The summed E-state index contributed by atoms with van der Waals surface area (Å²) in [5.41, 5.74) is 3.32. The molecule has 2 rings (SSSR count). The Labute approximate surface area is 147 Å². The molecule has 0 saturated carbocycles. The van der Waals surface area contributed by atoms with Crippen LogP contribution >= 0.6 is 0 Å². The standard InChI is InChI=1S/C14H18O2.3CO.Cr/c1-2-3-7-13-8-14-11(9-15)5-4-6-12(14)10-16-13;3*1-2;/h4-6,8,15H,2-3,7,9-10H2,1H3;;;;. The van der Waals surface area contributed by atoms with E-state index in [0.29, 0.717) is 6.61 Å². The van der Waals surface area contributed by atoms with Crippen LogP contribution < -0.4 is 0 Å². The van der Waals surface area contributed by atoms with Crippen LogP contribution in [0.5, 0.6) is 0 Å². The van der Waals surface area contributed by atoms with Gasteiger partial charge >= 0.3 is 33.9 Å². The smallest absolute Gasteiger partial charge is 0 e. The third kappa shape index (κ3) is 9.26. The molecule has 0 radical (unpaired) electrons. The van der Waals surface area contributed by atoms with Crippen molar-refractivity contribution in [2.75, 3.05) is 0 Å². The van der Waals surface area contributed by atoms with Crippen LogP contribution in [-0.2, 0) is 49.3 Å². The van der Waals surface area contributed by atoms with Crippen molar-refractivity contribution in [3.63, 3.8) is 0 Å². The Morgan fingerprint density at radius 3 is 2.26 bits per heavy atom. The number of hydrogen-bond donors (Lipinski definition) is 1. The maximum absolute atomic E-state index is 9.29. The van der Waals surface area contributed by atoms with Crippen LogP contribution in [0.3, 0.4) is 0 Å². The van der Waals surface area contributed by atoms with E-state index in [2.05, 4.69) is 39.0 Å². The largest absolute Gasteiger partial charge is 0 e. The van der Waals surface area contributed by atoms with E-state index in [1.807, 2.05) is 12.1 Å². The maximum Gasteiger partial charge on any atom is 0 e. The second kappa shape index (κ2) is 18.5. The minimum Gasteiger partial charge on any atom is 0 e. The van der Waals surface area contributed by atoms with Crippen molar-refractivity contribution in [1.29, 1.82) is 0 Å². The van der Waals surface area contributed by atoms with E-state index in [0.717, 1.165) is 29.7 Å². The fraction of sp³-hybridized carbons (Fsp3) is 0.353. The summed E-state index contributed by atoms with van der Waals surface area (Å²) in [6.07, 6.45) is 5.41. The molecule has 1 aromatic rings. The van der Waals surface area contributed by atoms with Gasteiger partial charge in [-0.1, -0.05) is 31.5 Å². The van der Waals surface area contributed by atoms with E-state index >= 15 is 0 Å². The van der Waals surface area contributed by atoms with Gasteiger partial charge in [0.25, 0.3) is 0 Å². The zero-order valence-corrected chi connectivity index (χ0v) is 14.1. The predicted octanol–water partition coefficient (Wildman–Crippen LogP) is 3.13. The van der Waals surface area contributed by atoms with E-state index in [1.165, 1.54) is 12.0 Å². The minimum atomic E-state index is 0. The van der Waals surface area contributed by atoms with Gasteiger partial charge in [0.2, 0.25) is 0 Å². The first-order valence-corrected chi connectivity index (χ1v) is 6.51. The quantitative estimate of drug-likeness (QED) is 0.665. The number of ether oxygens (including phenoxy) is 1. The van der Waals surface area contributed by atoms with Gasteiger partial charge in [-0.25, -0.2) is 0 Å². The van der Waals surface area contributed by atoms with Gasteiger partial charge in [0.05, 0.1) is 12.4 Å². The summed E-state index contributed by atoms with van der Waals surface area (Å²) in [4.78, 5) is 0. The summed E-state index contributed by atoms with van der Waals surface area (Å²) < 4.78 is 28.2. The number of benzene rings is 1. The van der Waals surface area contributed by atoms with Crippen molar-refractivity contribution in [3.8, 4) is 0 Å². The summed E-state index contributed by atoms with van der Waals surface area (Å²) >= 11 is 0. The summed E-state index contributed by atoms with van der Waals surface area (Å²) in [6.45, 7) is 16.4. The number of hydrogen-bond acceptors (Lipinski definition) is 2. The summed E-state index contributed by atoms with van der Waals surface area (Å²) in [5, 5.41) is 9.29. The molecule has 0 atom stereocenters. The molecule has 1 aliphatic heterocycles. The van der Waals surface area contributed by atoms with Gasteiger partial charge in [0.1, 0.15) is 6.61 Å². The van der Waals surface area contributed by atoms with E-state index in [9.17, 15) is 5.11 Å². The molecule has 1 heterocycles. The summed E-state index contributed by atoms with van der Waals surface area (Å²) in [5.74, 6) is 1.05. The van der Waals surface area contributed by atoms with Crippen LogP contribution in [-0.4, -0.2) is 5.11 Å². The van der Waals surface area contributed by atoms with E-state index in [1.54, 1.807) is 0 Å². The van der Waals surface area contributed by atoms with Crippen molar-refractivity contribution in [2.45, 2.75) is 39.4 Å². The first kappa shape index (κ1) is 26.4. The van der Waals surface area contributed by atoms with Crippen LogP contribution in [0.2, 0.25) is 0 Å². The first-order valence-electron chi connectivity index (χ1n) is 6.51. The van der Waals surface area contributed by atoms with Gasteiger partial charge in [-0.05, 0) is 29.2 Å². The molecule has 1 aliphatic rings. The molecule has 0 aliphatic carbocycles. The van der Waals surface area contributed by atoms with Gasteiger partial charge in [-0.15, -0.1) is 0 Å². The zero-order valence-electron chi connectivity index (χ0n) is 12.8. The Kier molecular flexibility index (Phi) is 21.2. The van der Waals surface area contributed by atoms with E-state index in [-0.39, 0.29) is 24.0 Å². The van der Waals surface area contributed by atoms with Gasteiger partial charge in [0, 0.05) is 23.8 Å². The van der Waals surface area contributed by atoms with Gasteiger partial charge in [0.15, 0.2) is 0 Å². The molecule has 0 spiro atoms. The van der Waals surface area contributed by atoms with Crippen molar-refractivity contribution >= 4 is 6.08 Å². The van der Waals surface area contributed by atoms with Gasteiger partial charge in [-0.3, -0.25) is 0 Å². The Morgan fingerprint density at radius 1 is 1.13 bits per heavy atom. The summed E-state index contributed by atoms with van der Waals surface area (Å²) in [6, 6.07) is 6.00. The molecule has 1 aromatic carbocycles. The molecular formula is C17H18CrO5. The molecule has 5 nitrogen and oxygen atoms in total. The molecule has 0 saturated heterocycles.